The van der Waals surface area contributed by atoms with Gasteiger partial charge in [0.1, 0.15) is 0 Å². The Labute approximate surface area is 98.4 Å². The van der Waals surface area contributed by atoms with Gasteiger partial charge in [0.2, 0.25) is 0 Å². The number of amides is 1. The molecule has 2 N–H and O–H groups in total. The van der Waals surface area contributed by atoms with Crippen LogP contribution >= 0.6 is 0 Å². The maximum atomic E-state index is 10.2. The lowest BCUT2D eigenvalue weighted by atomic mass is 10.2. The van der Waals surface area contributed by atoms with Gasteiger partial charge in [-0.15, -0.1) is 0 Å². The molecule has 0 aromatic carbocycles. The fourth-order valence-corrected chi connectivity index (χ4v) is 3.94. The zero-order valence-corrected chi connectivity index (χ0v) is 11.4. The van der Waals surface area contributed by atoms with E-state index in [1.54, 1.807) is 14.2 Å². The molecule has 0 unspecified atom stereocenters. The van der Waals surface area contributed by atoms with E-state index in [1.807, 2.05) is 0 Å². The van der Waals surface area contributed by atoms with Crippen molar-refractivity contribution in [1.29, 1.82) is 0 Å². The summed E-state index contributed by atoms with van der Waals surface area (Å²) in [6.07, 6.45) is 1.95. The van der Waals surface area contributed by atoms with Crippen molar-refractivity contribution < 1.29 is 18.8 Å². The molecular weight excluding hydrogens is 226 g/mol. The van der Waals surface area contributed by atoms with Gasteiger partial charge in [0.25, 0.3) is 0 Å². The van der Waals surface area contributed by atoms with Crippen molar-refractivity contribution >= 4 is 14.7 Å². The molecule has 0 rings (SSSR count). The lowest BCUT2D eigenvalue weighted by Crippen LogP contribution is -2.38. The Kier molecular flexibility index (Phi) is 8.23. The third-order valence-corrected chi connectivity index (χ3v) is 6.47. The highest BCUT2D eigenvalue weighted by Gasteiger charge is 2.32. The van der Waals surface area contributed by atoms with Gasteiger partial charge in [0, 0.05) is 20.8 Å². The monoisotopic (exact) mass is 249 g/mol. The van der Waals surface area contributed by atoms with Gasteiger partial charge in [-0.2, -0.15) is 0 Å². The smallest absolute Gasteiger partial charge is 0.404 e. The maximum Gasteiger partial charge on any atom is 0.404 e. The number of nitrogens with one attached hydrogen (secondary N) is 1. The van der Waals surface area contributed by atoms with Crippen LogP contribution in [0.25, 0.3) is 0 Å². The molecule has 0 aromatic heterocycles. The van der Waals surface area contributed by atoms with E-state index in [2.05, 4.69) is 12.2 Å². The topological polar surface area (TPSA) is 67.8 Å². The zero-order valence-electron chi connectivity index (χ0n) is 10.4. The molecule has 0 heterocycles. The minimum absolute atomic E-state index is 0.524. The lowest BCUT2D eigenvalue weighted by molar-refractivity contribution is 0.194. The van der Waals surface area contributed by atoms with Crippen molar-refractivity contribution in [3.63, 3.8) is 0 Å². The highest BCUT2D eigenvalue weighted by atomic mass is 28.4. The fourth-order valence-electron chi connectivity index (χ4n) is 1.64. The summed E-state index contributed by atoms with van der Waals surface area (Å²) in [5.41, 5.74) is 0. The molecule has 0 bridgehead atoms. The molecule has 0 saturated carbocycles. The van der Waals surface area contributed by atoms with Gasteiger partial charge in [0.15, 0.2) is 0 Å². The van der Waals surface area contributed by atoms with Gasteiger partial charge < -0.3 is 19.3 Å². The van der Waals surface area contributed by atoms with Crippen LogP contribution in [0.4, 0.5) is 4.79 Å². The van der Waals surface area contributed by atoms with Crippen molar-refractivity contribution in [1.82, 2.24) is 5.32 Å². The molecule has 0 aromatic rings. The Hall–Kier alpha value is -0.593. The van der Waals surface area contributed by atoms with Crippen LogP contribution in [0.15, 0.2) is 0 Å². The van der Waals surface area contributed by atoms with Crippen molar-refractivity contribution in [3.8, 4) is 0 Å². The fraction of sp³-hybridized carbons (Fsp3) is 0.900. The Morgan fingerprint density at radius 3 is 2.31 bits per heavy atom. The molecule has 0 saturated heterocycles. The molecule has 5 nitrogen and oxygen atoms in total. The Morgan fingerprint density at radius 1 is 1.25 bits per heavy atom. The summed E-state index contributed by atoms with van der Waals surface area (Å²) in [5, 5.41) is 10.7. The molecule has 0 aliphatic rings. The van der Waals surface area contributed by atoms with E-state index in [1.165, 1.54) is 0 Å². The van der Waals surface area contributed by atoms with Gasteiger partial charge in [-0.1, -0.05) is 19.8 Å². The molecule has 0 aliphatic heterocycles. The minimum Gasteiger partial charge on any atom is -0.465 e. The second kappa shape index (κ2) is 8.55. The second-order valence-electron chi connectivity index (χ2n) is 3.72. The standard InChI is InChI=1S/C10H23NO4Si/c1-4-16(14-2,15-3)9-7-5-6-8-11-10(12)13/h11H,4-9H2,1-3H3,(H,12,13). The lowest BCUT2D eigenvalue weighted by Gasteiger charge is -2.25. The Morgan fingerprint density at radius 2 is 1.88 bits per heavy atom. The van der Waals surface area contributed by atoms with Crippen LogP contribution < -0.4 is 5.32 Å². The van der Waals surface area contributed by atoms with Crippen LogP contribution in [-0.2, 0) is 8.85 Å². The Balaban J connectivity index is 3.59. The quantitative estimate of drug-likeness (QED) is 0.485. The largest absolute Gasteiger partial charge is 0.465 e. The number of carbonyl (C=O) groups is 1. The first-order valence-electron chi connectivity index (χ1n) is 5.67. The van der Waals surface area contributed by atoms with E-state index in [4.69, 9.17) is 14.0 Å². The highest BCUT2D eigenvalue weighted by Crippen LogP contribution is 2.20. The summed E-state index contributed by atoms with van der Waals surface area (Å²) >= 11 is 0. The average molecular weight is 249 g/mol. The number of hydrogen-bond acceptors (Lipinski definition) is 3. The molecular formula is C10H23NO4Si. The van der Waals surface area contributed by atoms with E-state index in [0.717, 1.165) is 31.4 Å². The van der Waals surface area contributed by atoms with E-state index < -0.39 is 14.7 Å². The first-order valence-corrected chi connectivity index (χ1v) is 7.90. The van der Waals surface area contributed by atoms with Gasteiger partial charge in [0.05, 0.1) is 0 Å². The van der Waals surface area contributed by atoms with E-state index in [0.29, 0.717) is 6.54 Å². The predicted molar refractivity (Wildman–Crippen MR) is 64.9 cm³/mol. The first-order chi connectivity index (χ1) is 7.60. The van der Waals surface area contributed by atoms with E-state index in [-0.39, 0.29) is 0 Å². The number of carboxylic acid groups (broad SMARTS) is 1. The highest BCUT2D eigenvalue weighted by molar-refractivity contribution is 6.67. The van der Waals surface area contributed by atoms with Crippen molar-refractivity contribution in [3.05, 3.63) is 0 Å². The Bertz CT molecular complexity index is 189. The van der Waals surface area contributed by atoms with Crippen LogP contribution in [0, 0.1) is 0 Å². The third kappa shape index (κ3) is 6.09. The number of rotatable bonds is 9. The zero-order chi connectivity index (χ0) is 12.4. The van der Waals surface area contributed by atoms with Crippen molar-refractivity contribution in [2.24, 2.45) is 0 Å². The third-order valence-electron chi connectivity index (χ3n) is 2.79. The van der Waals surface area contributed by atoms with Gasteiger partial charge in [-0.05, 0) is 18.5 Å². The predicted octanol–water partition coefficient (Wildman–Crippen LogP) is 2.18. The van der Waals surface area contributed by atoms with Gasteiger partial charge in [-0.3, -0.25) is 0 Å². The summed E-state index contributed by atoms with van der Waals surface area (Å²) < 4.78 is 11.0. The molecule has 16 heavy (non-hydrogen) atoms. The van der Waals surface area contributed by atoms with Crippen LogP contribution in [0.2, 0.25) is 12.1 Å². The summed E-state index contributed by atoms with van der Waals surface area (Å²) in [6.45, 7) is 2.61. The molecule has 0 radical (unpaired) electrons. The molecule has 0 spiro atoms. The summed E-state index contributed by atoms with van der Waals surface area (Å²) in [5.74, 6) is 0. The number of unbranched alkanes of at least 4 members (excludes halogenated alkanes) is 2. The van der Waals surface area contributed by atoms with Crippen molar-refractivity contribution in [2.75, 3.05) is 20.8 Å². The van der Waals surface area contributed by atoms with Gasteiger partial charge >= 0.3 is 14.7 Å². The van der Waals surface area contributed by atoms with Crippen LogP contribution in [0.1, 0.15) is 26.2 Å². The molecule has 0 atom stereocenters. The van der Waals surface area contributed by atoms with Crippen LogP contribution in [-0.4, -0.2) is 40.5 Å². The van der Waals surface area contributed by atoms with E-state index >= 15 is 0 Å². The van der Waals surface area contributed by atoms with Crippen LogP contribution in [0.3, 0.4) is 0 Å². The SMILES string of the molecule is CC[Si](CCCCCNC(=O)O)(OC)OC. The molecule has 0 fully saturated rings. The first kappa shape index (κ1) is 15.4. The summed E-state index contributed by atoms with van der Waals surface area (Å²) in [6, 6.07) is 1.93. The van der Waals surface area contributed by atoms with Gasteiger partial charge in [-0.25, -0.2) is 4.79 Å². The normalized spacial score (nSPS) is 11.4. The van der Waals surface area contributed by atoms with Crippen LogP contribution in [0.5, 0.6) is 0 Å². The minimum atomic E-state index is -1.94. The molecule has 1 amide bonds. The number of hydrogen-bond donors (Lipinski definition) is 2. The molecule has 0 aliphatic carbocycles. The second-order valence-corrected chi connectivity index (χ2v) is 7.56. The van der Waals surface area contributed by atoms with E-state index in [9.17, 15) is 4.79 Å². The maximum absolute atomic E-state index is 10.2. The summed E-state index contributed by atoms with van der Waals surface area (Å²) in [7, 11) is 1.49. The average Bonchev–Trinajstić information content (AvgIpc) is 2.29. The molecule has 96 valence electrons. The van der Waals surface area contributed by atoms with Crippen molar-refractivity contribution in [2.45, 2.75) is 38.3 Å². The summed E-state index contributed by atoms with van der Waals surface area (Å²) in [4.78, 5) is 10.2. The molecule has 6 heteroatoms.